The summed E-state index contributed by atoms with van der Waals surface area (Å²) in [6.45, 7) is 4.50. The van der Waals surface area contributed by atoms with Gasteiger partial charge in [-0.3, -0.25) is 0 Å². The number of urea groups is 1. The molecule has 21 heavy (non-hydrogen) atoms. The van der Waals surface area contributed by atoms with E-state index in [9.17, 15) is 4.79 Å². The predicted molar refractivity (Wildman–Crippen MR) is 84.8 cm³/mol. The van der Waals surface area contributed by atoms with Crippen molar-refractivity contribution in [3.05, 3.63) is 59.2 Å². The summed E-state index contributed by atoms with van der Waals surface area (Å²) in [4.78, 5) is 11.9. The molecule has 0 atom stereocenters. The van der Waals surface area contributed by atoms with Crippen molar-refractivity contribution >= 4 is 11.7 Å². The van der Waals surface area contributed by atoms with E-state index in [1.807, 2.05) is 56.3 Å². The molecule has 0 spiro atoms. The van der Waals surface area contributed by atoms with Crippen LogP contribution in [0.1, 0.15) is 16.7 Å². The van der Waals surface area contributed by atoms with Crippen LogP contribution >= 0.6 is 0 Å². The first-order chi connectivity index (χ1) is 10.1. The van der Waals surface area contributed by atoms with Gasteiger partial charge in [-0.25, -0.2) is 4.79 Å². The summed E-state index contributed by atoms with van der Waals surface area (Å²) in [5, 5.41) is 5.62. The van der Waals surface area contributed by atoms with E-state index >= 15 is 0 Å². The van der Waals surface area contributed by atoms with Crippen LogP contribution in [0.2, 0.25) is 0 Å². The minimum absolute atomic E-state index is 0.252. The lowest BCUT2D eigenvalue weighted by atomic mass is 10.1. The normalized spacial score (nSPS) is 10.0. The standard InChI is InChI=1S/C17H20N2O2/c1-12-4-7-14(8-5-12)11-18-17(20)19-15-9-6-13(2)10-16(15)21-3/h4-10H,11H2,1-3H3,(H2,18,19,20). The van der Waals surface area contributed by atoms with E-state index in [1.54, 1.807) is 7.11 Å². The van der Waals surface area contributed by atoms with Gasteiger partial charge in [0.15, 0.2) is 0 Å². The number of carbonyl (C=O) groups is 1. The third kappa shape index (κ3) is 4.24. The number of amides is 2. The average Bonchev–Trinajstić information content (AvgIpc) is 2.48. The highest BCUT2D eigenvalue weighted by Gasteiger charge is 2.07. The molecule has 0 fully saturated rings. The molecule has 0 heterocycles. The number of anilines is 1. The van der Waals surface area contributed by atoms with Crippen molar-refractivity contribution in [1.82, 2.24) is 5.32 Å². The number of aryl methyl sites for hydroxylation is 2. The number of rotatable bonds is 4. The predicted octanol–water partition coefficient (Wildman–Crippen LogP) is 3.63. The molecule has 2 N–H and O–H groups in total. The molecule has 2 aromatic rings. The van der Waals surface area contributed by atoms with Crippen LogP contribution in [0.25, 0.3) is 0 Å². The Labute approximate surface area is 125 Å². The first-order valence-electron chi connectivity index (χ1n) is 6.83. The van der Waals surface area contributed by atoms with Crippen molar-refractivity contribution < 1.29 is 9.53 Å². The summed E-state index contributed by atoms with van der Waals surface area (Å²) in [5.74, 6) is 0.653. The van der Waals surface area contributed by atoms with Crippen LogP contribution in [0, 0.1) is 13.8 Å². The van der Waals surface area contributed by atoms with Gasteiger partial charge in [-0.1, -0.05) is 35.9 Å². The number of hydrogen-bond acceptors (Lipinski definition) is 2. The van der Waals surface area contributed by atoms with Crippen LogP contribution in [0.3, 0.4) is 0 Å². The Balaban J connectivity index is 1.94. The van der Waals surface area contributed by atoms with Crippen molar-refractivity contribution in [2.24, 2.45) is 0 Å². The van der Waals surface area contributed by atoms with Crippen LogP contribution in [0.4, 0.5) is 10.5 Å². The maximum atomic E-state index is 11.9. The third-order valence-corrected chi connectivity index (χ3v) is 3.18. The fraction of sp³-hybridized carbons (Fsp3) is 0.235. The van der Waals surface area contributed by atoms with Crippen molar-refractivity contribution in [3.8, 4) is 5.75 Å². The second kappa shape index (κ2) is 6.79. The molecule has 0 unspecified atom stereocenters. The Morgan fingerprint density at radius 3 is 2.38 bits per heavy atom. The SMILES string of the molecule is COc1cc(C)ccc1NC(=O)NCc1ccc(C)cc1. The van der Waals surface area contributed by atoms with E-state index in [0.29, 0.717) is 18.0 Å². The van der Waals surface area contributed by atoms with Crippen molar-refractivity contribution in [2.45, 2.75) is 20.4 Å². The third-order valence-electron chi connectivity index (χ3n) is 3.18. The van der Waals surface area contributed by atoms with Gasteiger partial charge in [0, 0.05) is 6.54 Å². The molecular formula is C17H20N2O2. The average molecular weight is 284 g/mol. The zero-order valence-corrected chi connectivity index (χ0v) is 12.6. The van der Waals surface area contributed by atoms with Gasteiger partial charge in [-0.05, 0) is 37.1 Å². The zero-order chi connectivity index (χ0) is 15.2. The summed E-state index contributed by atoms with van der Waals surface area (Å²) >= 11 is 0. The minimum atomic E-state index is -0.252. The first kappa shape index (κ1) is 14.9. The maximum Gasteiger partial charge on any atom is 0.319 e. The van der Waals surface area contributed by atoms with Crippen molar-refractivity contribution in [3.63, 3.8) is 0 Å². The Bertz CT molecular complexity index is 621. The molecule has 0 aliphatic heterocycles. The number of nitrogens with one attached hydrogen (secondary N) is 2. The molecule has 0 aliphatic carbocycles. The Morgan fingerprint density at radius 1 is 1.05 bits per heavy atom. The zero-order valence-electron chi connectivity index (χ0n) is 12.6. The Morgan fingerprint density at radius 2 is 1.71 bits per heavy atom. The number of carbonyl (C=O) groups excluding carboxylic acids is 1. The van der Waals surface area contributed by atoms with Gasteiger partial charge >= 0.3 is 6.03 Å². The lowest BCUT2D eigenvalue weighted by Gasteiger charge is -2.12. The molecule has 0 saturated carbocycles. The molecule has 4 nitrogen and oxygen atoms in total. The summed E-state index contributed by atoms with van der Waals surface area (Å²) in [7, 11) is 1.59. The van der Waals surface area contributed by atoms with Gasteiger partial charge in [-0.15, -0.1) is 0 Å². The van der Waals surface area contributed by atoms with Gasteiger partial charge in [0.05, 0.1) is 12.8 Å². The van der Waals surface area contributed by atoms with E-state index < -0.39 is 0 Å². The second-order valence-corrected chi connectivity index (χ2v) is 5.00. The molecular weight excluding hydrogens is 264 g/mol. The van der Waals surface area contributed by atoms with E-state index in [0.717, 1.165) is 11.1 Å². The molecule has 2 aromatic carbocycles. The Hall–Kier alpha value is -2.49. The smallest absolute Gasteiger partial charge is 0.319 e. The quantitative estimate of drug-likeness (QED) is 0.900. The topological polar surface area (TPSA) is 50.4 Å². The van der Waals surface area contributed by atoms with Crippen LogP contribution in [-0.4, -0.2) is 13.1 Å². The summed E-state index contributed by atoms with van der Waals surface area (Å²) < 4.78 is 5.26. The van der Waals surface area contributed by atoms with E-state index in [2.05, 4.69) is 10.6 Å². The van der Waals surface area contributed by atoms with Gasteiger partial charge in [0.25, 0.3) is 0 Å². The lowest BCUT2D eigenvalue weighted by Crippen LogP contribution is -2.28. The second-order valence-electron chi connectivity index (χ2n) is 5.00. The molecule has 0 radical (unpaired) electrons. The van der Waals surface area contributed by atoms with E-state index in [1.165, 1.54) is 5.56 Å². The summed E-state index contributed by atoms with van der Waals surface area (Å²) in [6.07, 6.45) is 0. The largest absolute Gasteiger partial charge is 0.495 e. The summed E-state index contributed by atoms with van der Waals surface area (Å²) in [6, 6.07) is 13.4. The van der Waals surface area contributed by atoms with Gasteiger partial charge in [0.1, 0.15) is 5.75 Å². The molecule has 2 amide bonds. The van der Waals surface area contributed by atoms with Crippen LogP contribution < -0.4 is 15.4 Å². The van der Waals surface area contributed by atoms with Gasteiger partial charge in [-0.2, -0.15) is 0 Å². The highest BCUT2D eigenvalue weighted by atomic mass is 16.5. The van der Waals surface area contributed by atoms with Gasteiger partial charge in [0.2, 0.25) is 0 Å². The fourth-order valence-electron chi connectivity index (χ4n) is 1.96. The van der Waals surface area contributed by atoms with E-state index in [-0.39, 0.29) is 6.03 Å². The molecule has 0 saturated heterocycles. The monoisotopic (exact) mass is 284 g/mol. The number of hydrogen-bond donors (Lipinski definition) is 2. The number of methoxy groups -OCH3 is 1. The number of ether oxygens (including phenoxy) is 1. The fourth-order valence-corrected chi connectivity index (χ4v) is 1.96. The molecule has 0 aromatic heterocycles. The minimum Gasteiger partial charge on any atom is -0.495 e. The molecule has 0 bridgehead atoms. The highest BCUT2D eigenvalue weighted by molar-refractivity contribution is 5.90. The number of benzene rings is 2. The first-order valence-corrected chi connectivity index (χ1v) is 6.83. The van der Waals surface area contributed by atoms with Gasteiger partial charge < -0.3 is 15.4 Å². The maximum absolute atomic E-state index is 11.9. The molecule has 0 aliphatic rings. The van der Waals surface area contributed by atoms with Crippen LogP contribution in [-0.2, 0) is 6.54 Å². The summed E-state index contributed by atoms with van der Waals surface area (Å²) in [5.41, 5.74) is 4.00. The molecule has 110 valence electrons. The Kier molecular flexibility index (Phi) is 4.82. The van der Waals surface area contributed by atoms with Crippen LogP contribution in [0.15, 0.2) is 42.5 Å². The molecule has 2 rings (SSSR count). The highest BCUT2D eigenvalue weighted by Crippen LogP contribution is 2.25. The lowest BCUT2D eigenvalue weighted by molar-refractivity contribution is 0.251. The van der Waals surface area contributed by atoms with Crippen LogP contribution in [0.5, 0.6) is 5.75 Å². The molecule has 4 heteroatoms. The van der Waals surface area contributed by atoms with Crippen molar-refractivity contribution in [2.75, 3.05) is 12.4 Å². The van der Waals surface area contributed by atoms with E-state index in [4.69, 9.17) is 4.74 Å². The van der Waals surface area contributed by atoms with Crippen molar-refractivity contribution in [1.29, 1.82) is 0 Å².